The minimum absolute atomic E-state index is 0.118. The van der Waals surface area contributed by atoms with Gasteiger partial charge in [-0.15, -0.1) is 11.8 Å². The van der Waals surface area contributed by atoms with Crippen molar-refractivity contribution in [1.82, 2.24) is 5.32 Å². The van der Waals surface area contributed by atoms with Crippen LogP contribution in [0.5, 0.6) is 11.5 Å². The number of amides is 2. The molecular weight excluding hydrogens is 408 g/mol. The molecule has 0 bridgehead atoms. The largest absolute Gasteiger partial charge is 0.493 e. The maximum absolute atomic E-state index is 12.3. The summed E-state index contributed by atoms with van der Waals surface area (Å²) in [5, 5.41) is 5.25. The first-order valence-electron chi connectivity index (χ1n) is 9.17. The number of nitrogens with one attached hydrogen (secondary N) is 2. The highest BCUT2D eigenvalue weighted by atomic mass is 32.2. The third-order valence-electron chi connectivity index (χ3n) is 4.42. The van der Waals surface area contributed by atoms with E-state index in [2.05, 4.69) is 10.6 Å². The zero-order valence-electron chi connectivity index (χ0n) is 16.8. The van der Waals surface area contributed by atoms with Gasteiger partial charge < -0.3 is 24.8 Å². The van der Waals surface area contributed by atoms with E-state index >= 15 is 0 Å². The normalized spacial score (nSPS) is 14.9. The highest BCUT2D eigenvalue weighted by Crippen LogP contribution is 2.36. The number of hydrogen-bond donors (Lipinski definition) is 2. The number of ether oxygens (including phenoxy) is 3. The summed E-state index contributed by atoms with van der Waals surface area (Å²) in [6, 6.07) is 10.2. The molecule has 3 rings (SSSR count). The van der Waals surface area contributed by atoms with Crippen molar-refractivity contribution in [2.45, 2.75) is 23.6 Å². The SMILES string of the molecule is COc1ccc(CNC(=O)COC(=O)c2ccc3c(c2)NC(=O)C(C)S3)cc1OC. The fourth-order valence-electron chi connectivity index (χ4n) is 2.79. The molecule has 9 heteroatoms. The van der Waals surface area contributed by atoms with Crippen LogP contribution in [0.2, 0.25) is 0 Å². The Labute approximate surface area is 178 Å². The predicted molar refractivity (Wildman–Crippen MR) is 112 cm³/mol. The van der Waals surface area contributed by atoms with Crippen molar-refractivity contribution in [3.05, 3.63) is 47.5 Å². The van der Waals surface area contributed by atoms with Crippen LogP contribution in [0, 0.1) is 0 Å². The molecule has 0 saturated heterocycles. The zero-order valence-corrected chi connectivity index (χ0v) is 17.6. The van der Waals surface area contributed by atoms with Crippen LogP contribution in [0.1, 0.15) is 22.8 Å². The third-order valence-corrected chi connectivity index (χ3v) is 5.60. The van der Waals surface area contributed by atoms with Crippen molar-refractivity contribution in [3.8, 4) is 11.5 Å². The molecule has 158 valence electrons. The number of rotatable bonds is 7. The predicted octanol–water partition coefficient (Wildman–Crippen LogP) is 2.61. The van der Waals surface area contributed by atoms with Gasteiger partial charge in [-0.1, -0.05) is 6.07 Å². The van der Waals surface area contributed by atoms with Gasteiger partial charge in [0.1, 0.15) is 0 Å². The van der Waals surface area contributed by atoms with Gasteiger partial charge in [-0.3, -0.25) is 9.59 Å². The van der Waals surface area contributed by atoms with Crippen LogP contribution in [0.25, 0.3) is 0 Å². The number of benzene rings is 2. The number of anilines is 1. The van der Waals surface area contributed by atoms with E-state index in [4.69, 9.17) is 14.2 Å². The fourth-order valence-corrected chi connectivity index (χ4v) is 3.72. The first-order valence-corrected chi connectivity index (χ1v) is 10.1. The minimum atomic E-state index is -0.642. The summed E-state index contributed by atoms with van der Waals surface area (Å²) in [6.45, 7) is 1.64. The number of esters is 1. The van der Waals surface area contributed by atoms with E-state index in [0.717, 1.165) is 10.5 Å². The lowest BCUT2D eigenvalue weighted by molar-refractivity contribution is -0.124. The number of fused-ring (bicyclic) bond motifs is 1. The summed E-state index contributed by atoms with van der Waals surface area (Å²) in [6.07, 6.45) is 0. The highest BCUT2D eigenvalue weighted by Gasteiger charge is 2.24. The molecule has 0 aromatic heterocycles. The van der Waals surface area contributed by atoms with Crippen LogP contribution in [-0.2, 0) is 20.9 Å². The first-order chi connectivity index (χ1) is 14.4. The Kier molecular flexibility index (Phi) is 6.83. The molecule has 1 heterocycles. The van der Waals surface area contributed by atoms with E-state index in [9.17, 15) is 14.4 Å². The van der Waals surface area contributed by atoms with Crippen LogP contribution >= 0.6 is 11.8 Å². The van der Waals surface area contributed by atoms with Gasteiger partial charge in [0, 0.05) is 11.4 Å². The van der Waals surface area contributed by atoms with Crippen LogP contribution < -0.4 is 20.1 Å². The number of methoxy groups -OCH3 is 2. The Bertz CT molecular complexity index is 978. The van der Waals surface area contributed by atoms with E-state index < -0.39 is 18.5 Å². The molecule has 0 saturated carbocycles. The summed E-state index contributed by atoms with van der Waals surface area (Å²) >= 11 is 1.42. The topological polar surface area (TPSA) is 103 Å². The molecule has 0 fully saturated rings. The maximum atomic E-state index is 12.3. The first kappa shape index (κ1) is 21.5. The summed E-state index contributed by atoms with van der Waals surface area (Å²) in [7, 11) is 3.08. The molecule has 1 atom stereocenters. The third kappa shape index (κ3) is 5.04. The highest BCUT2D eigenvalue weighted by molar-refractivity contribution is 8.00. The number of thioether (sulfide) groups is 1. The Morgan fingerprint density at radius 3 is 2.60 bits per heavy atom. The standard InChI is InChI=1S/C21H22N2O6S/c1-12-20(25)23-15-9-14(5-7-18(15)30-12)21(26)29-11-19(24)22-10-13-4-6-16(27-2)17(8-13)28-3/h4-9,12H,10-11H2,1-3H3,(H,22,24)(H,23,25). The average molecular weight is 430 g/mol. The Morgan fingerprint density at radius 2 is 1.87 bits per heavy atom. The molecule has 1 unspecified atom stereocenters. The molecule has 2 aromatic carbocycles. The van der Waals surface area contributed by atoms with Crippen molar-refractivity contribution in [2.75, 3.05) is 26.1 Å². The van der Waals surface area contributed by atoms with Crippen molar-refractivity contribution in [3.63, 3.8) is 0 Å². The second-order valence-corrected chi connectivity index (χ2v) is 7.89. The smallest absolute Gasteiger partial charge is 0.338 e. The number of carbonyl (C=O) groups excluding carboxylic acids is 3. The van der Waals surface area contributed by atoms with E-state index in [1.54, 1.807) is 43.5 Å². The van der Waals surface area contributed by atoms with E-state index in [1.165, 1.54) is 18.9 Å². The van der Waals surface area contributed by atoms with Crippen LogP contribution in [0.15, 0.2) is 41.3 Å². The summed E-state index contributed by atoms with van der Waals surface area (Å²) in [5.74, 6) is -0.0448. The van der Waals surface area contributed by atoms with Gasteiger partial charge in [0.05, 0.1) is 30.7 Å². The molecule has 2 N–H and O–H groups in total. The van der Waals surface area contributed by atoms with Gasteiger partial charge in [-0.25, -0.2) is 4.79 Å². The van der Waals surface area contributed by atoms with Gasteiger partial charge in [0.2, 0.25) is 5.91 Å². The van der Waals surface area contributed by atoms with Gasteiger partial charge in [0.25, 0.3) is 5.91 Å². The molecular formula is C21H22N2O6S. The van der Waals surface area contributed by atoms with Gasteiger partial charge in [-0.05, 0) is 42.8 Å². The molecule has 2 aromatic rings. The second-order valence-electron chi connectivity index (χ2n) is 6.50. The number of carbonyl (C=O) groups is 3. The van der Waals surface area contributed by atoms with Gasteiger partial charge >= 0.3 is 5.97 Å². The summed E-state index contributed by atoms with van der Waals surface area (Å²) in [5.41, 5.74) is 1.64. The molecule has 8 nitrogen and oxygen atoms in total. The molecule has 0 radical (unpaired) electrons. The number of hydrogen-bond acceptors (Lipinski definition) is 7. The fraction of sp³-hybridized carbons (Fsp3) is 0.286. The van der Waals surface area contributed by atoms with Crippen molar-refractivity contribution < 1.29 is 28.6 Å². The molecule has 30 heavy (non-hydrogen) atoms. The Balaban J connectivity index is 1.52. The molecule has 1 aliphatic heterocycles. The van der Waals surface area contributed by atoms with Crippen molar-refractivity contribution >= 4 is 35.2 Å². The minimum Gasteiger partial charge on any atom is -0.493 e. The second kappa shape index (κ2) is 9.53. The van der Waals surface area contributed by atoms with Gasteiger partial charge in [-0.2, -0.15) is 0 Å². The van der Waals surface area contributed by atoms with Crippen molar-refractivity contribution in [1.29, 1.82) is 0 Å². The monoisotopic (exact) mass is 430 g/mol. The molecule has 0 aliphatic carbocycles. The lowest BCUT2D eigenvalue weighted by Crippen LogP contribution is -2.28. The molecule has 1 aliphatic rings. The maximum Gasteiger partial charge on any atom is 0.338 e. The Morgan fingerprint density at radius 1 is 1.10 bits per heavy atom. The lowest BCUT2D eigenvalue weighted by Gasteiger charge is -2.21. The van der Waals surface area contributed by atoms with E-state index in [0.29, 0.717) is 17.2 Å². The van der Waals surface area contributed by atoms with E-state index in [-0.39, 0.29) is 23.3 Å². The molecule has 0 spiro atoms. The summed E-state index contributed by atoms with van der Waals surface area (Å²) in [4.78, 5) is 37.0. The van der Waals surface area contributed by atoms with Crippen molar-refractivity contribution in [2.24, 2.45) is 0 Å². The zero-order chi connectivity index (χ0) is 21.7. The van der Waals surface area contributed by atoms with Crippen LogP contribution in [0.3, 0.4) is 0 Å². The van der Waals surface area contributed by atoms with E-state index in [1.807, 2.05) is 6.92 Å². The lowest BCUT2D eigenvalue weighted by atomic mass is 10.2. The Hall–Kier alpha value is -3.20. The van der Waals surface area contributed by atoms with Crippen LogP contribution in [0.4, 0.5) is 5.69 Å². The molecule has 2 amide bonds. The van der Waals surface area contributed by atoms with Gasteiger partial charge in [0.15, 0.2) is 18.1 Å². The quantitative estimate of drug-likeness (QED) is 0.651. The average Bonchev–Trinajstić information content (AvgIpc) is 2.76. The summed E-state index contributed by atoms with van der Waals surface area (Å²) < 4.78 is 15.5. The van der Waals surface area contributed by atoms with Crippen LogP contribution in [-0.4, -0.2) is 43.9 Å².